The van der Waals surface area contributed by atoms with Crippen LogP contribution in [-0.4, -0.2) is 61.9 Å². The summed E-state index contributed by atoms with van der Waals surface area (Å²) in [5.41, 5.74) is 2.97. The molecule has 1 amide bonds. The van der Waals surface area contributed by atoms with E-state index in [0.29, 0.717) is 25.9 Å². The molecular formula is C24H27F4N3O2. The number of benzene rings is 2. The Morgan fingerprint density at radius 2 is 1.91 bits per heavy atom. The van der Waals surface area contributed by atoms with Gasteiger partial charge in [-0.1, -0.05) is 36.4 Å². The number of alkyl halides is 3. The molecule has 1 fully saturated rings. The second-order valence-corrected chi connectivity index (χ2v) is 8.44. The number of carbonyl (C=O) groups excluding carboxylic acids is 1. The number of rotatable bonds is 5. The van der Waals surface area contributed by atoms with Crippen molar-refractivity contribution in [1.29, 1.82) is 0 Å². The monoisotopic (exact) mass is 465 g/mol. The fourth-order valence-corrected chi connectivity index (χ4v) is 4.50. The highest BCUT2D eigenvalue weighted by Crippen LogP contribution is 2.36. The third-order valence-corrected chi connectivity index (χ3v) is 6.08. The number of halogens is 4. The largest absolute Gasteiger partial charge is 0.401 e. The van der Waals surface area contributed by atoms with Gasteiger partial charge in [-0.15, -0.1) is 0 Å². The lowest BCUT2D eigenvalue weighted by atomic mass is 9.87. The lowest BCUT2D eigenvalue weighted by Crippen LogP contribution is -2.46. The molecule has 9 heteroatoms. The van der Waals surface area contributed by atoms with Crippen molar-refractivity contribution in [2.45, 2.75) is 37.2 Å². The fourth-order valence-electron chi connectivity index (χ4n) is 4.50. The number of hydrogen-bond acceptors (Lipinski definition) is 4. The minimum atomic E-state index is -4.27. The minimum Gasteiger partial charge on any atom is -0.367 e. The summed E-state index contributed by atoms with van der Waals surface area (Å²) in [4.78, 5) is 15.3. The number of nitrogens with one attached hydrogen (secondary N) is 2. The number of ether oxygens (including phenoxy) is 1. The van der Waals surface area contributed by atoms with Crippen LogP contribution in [0.1, 0.15) is 29.2 Å². The molecule has 178 valence electrons. The molecule has 2 N–H and O–H groups in total. The summed E-state index contributed by atoms with van der Waals surface area (Å²) in [5.74, 6) is -0.506. The maximum Gasteiger partial charge on any atom is 0.401 e. The van der Waals surface area contributed by atoms with E-state index in [9.17, 15) is 22.4 Å². The van der Waals surface area contributed by atoms with Gasteiger partial charge in [0.15, 0.2) is 0 Å². The molecule has 1 saturated heterocycles. The smallest absolute Gasteiger partial charge is 0.367 e. The molecule has 2 aromatic rings. The van der Waals surface area contributed by atoms with Crippen molar-refractivity contribution >= 4 is 5.91 Å². The van der Waals surface area contributed by atoms with Crippen molar-refractivity contribution in [3.8, 4) is 0 Å². The third kappa shape index (κ3) is 5.90. The molecule has 0 bridgehead atoms. The van der Waals surface area contributed by atoms with Crippen molar-refractivity contribution in [2.75, 3.05) is 32.8 Å². The van der Waals surface area contributed by atoms with Gasteiger partial charge in [-0.05, 0) is 48.2 Å². The van der Waals surface area contributed by atoms with E-state index in [1.807, 2.05) is 24.3 Å². The molecule has 0 unspecified atom stereocenters. The highest BCUT2D eigenvalue weighted by atomic mass is 19.4. The summed E-state index contributed by atoms with van der Waals surface area (Å²) >= 11 is 0. The zero-order valence-electron chi connectivity index (χ0n) is 18.1. The molecule has 0 saturated carbocycles. The zero-order chi connectivity index (χ0) is 23.4. The van der Waals surface area contributed by atoms with E-state index in [1.54, 1.807) is 17.0 Å². The number of fused-ring (bicyclic) bond motifs is 1. The quantitative estimate of drug-likeness (QED) is 0.666. The molecule has 0 radical (unpaired) electrons. The van der Waals surface area contributed by atoms with Crippen LogP contribution < -0.4 is 10.6 Å². The first-order valence-corrected chi connectivity index (χ1v) is 11.1. The van der Waals surface area contributed by atoms with Crippen molar-refractivity contribution in [1.82, 2.24) is 15.5 Å². The Bertz CT molecular complexity index is 951. The molecule has 0 aromatic heterocycles. The maximum absolute atomic E-state index is 13.6. The van der Waals surface area contributed by atoms with Gasteiger partial charge in [0.2, 0.25) is 0 Å². The number of amides is 1. The predicted molar refractivity (Wildman–Crippen MR) is 115 cm³/mol. The summed E-state index contributed by atoms with van der Waals surface area (Å²) in [5, 5.41) is 5.53. The standard InChI is InChI=1S/C24H27F4N3O2/c25-18-7-5-17(6-8-18)22-20-4-2-1-3-16(20)10-12-31(22)23(32)21-9-11-30-19(14-33-21)13-29-15-24(26,27)28/h1-8,19,21-22,29-30H,9-15H2/t19-,21-,22+/m1/s1. The summed E-state index contributed by atoms with van der Waals surface area (Å²) in [6.07, 6.45) is -3.85. The van der Waals surface area contributed by atoms with Crippen LogP contribution in [0.5, 0.6) is 0 Å². The summed E-state index contributed by atoms with van der Waals surface area (Å²) in [7, 11) is 0. The Balaban J connectivity index is 1.48. The van der Waals surface area contributed by atoms with Crippen LogP contribution in [0.2, 0.25) is 0 Å². The van der Waals surface area contributed by atoms with E-state index < -0.39 is 18.8 Å². The van der Waals surface area contributed by atoms with Crippen molar-refractivity contribution in [3.63, 3.8) is 0 Å². The Hall–Kier alpha value is -2.49. The second kappa shape index (κ2) is 10.2. The average molecular weight is 465 g/mol. The lowest BCUT2D eigenvalue weighted by molar-refractivity contribution is -0.146. The minimum absolute atomic E-state index is 0.0930. The van der Waals surface area contributed by atoms with Crippen LogP contribution in [0.15, 0.2) is 48.5 Å². The Labute approximate surface area is 190 Å². The Morgan fingerprint density at radius 3 is 2.67 bits per heavy atom. The van der Waals surface area contributed by atoms with E-state index in [2.05, 4.69) is 10.6 Å². The van der Waals surface area contributed by atoms with Gasteiger partial charge in [0.05, 0.1) is 19.2 Å². The highest BCUT2D eigenvalue weighted by molar-refractivity contribution is 5.82. The van der Waals surface area contributed by atoms with E-state index in [4.69, 9.17) is 4.74 Å². The molecule has 2 aromatic carbocycles. The average Bonchev–Trinajstić information content (AvgIpc) is 3.03. The van der Waals surface area contributed by atoms with Crippen molar-refractivity contribution < 1.29 is 27.1 Å². The van der Waals surface area contributed by atoms with Gasteiger partial charge in [0.1, 0.15) is 11.9 Å². The Morgan fingerprint density at radius 1 is 1.15 bits per heavy atom. The van der Waals surface area contributed by atoms with Crippen LogP contribution in [0.3, 0.4) is 0 Å². The van der Waals surface area contributed by atoms with Gasteiger partial charge >= 0.3 is 6.18 Å². The second-order valence-electron chi connectivity index (χ2n) is 8.44. The third-order valence-electron chi connectivity index (χ3n) is 6.08. The Kier molecular flexibility index (Phi) is 7.31. The topological polar surface area (TPSA) is 53.6 Å². The van der Waals surface area contributed by atoms with Gasteiger partial charge in [0, 0.05) is 19.1 Å². The van der Waals surface area contributed by atoms with Crippen molar-refractivity contribution in [3.05, 3.63) is 71.0 Å². The molecule has 2 aliphatic heterocycles. The predicted octanol–water partition coefficient (Wildman–Crippen LogP) is 3.20. The van der Waals surface area contributed by atoms with Crippen LogP contribution in [0.25, 0.3) is 0 Å². The van der Waals surface area contributed by atoms with E-state index in [0.717, 1.165) is 16.7 Å². The van der Waals surface area contributed by atoms with Crippen LogP contribution in [-0.2, 0) is 16.0 Å². The lowest BCUT2D eigenvalue weighted by Gasteiger charge is -2.39. The van der Waals surface area contributed by atoms with Crippen LogP contribution in [0, 0.1) is 5.82 Å². The number of hydrogen-bond donors (Lipinski definition) is 2. The maximum atomic E-state index is 13.6. The summed E-state index contributed by atoms with van der Waals surface area (Å²) < 4.78 is 56.6. The first kappa shape index (κ1) is 23.7. The molecule has 4 rings (SSSR count). The van der Waals surface area contributed by atoms with E-state index >= 15 is 0 Å². The van der Waals surface area contributed by atoms with Gasteiger partial charge < -0.3 is 20.3 Å². The fraction of sp³-hybridized carbons (Fsp3) is 0.458. The van der Waals surface area contributed by atoms with Crippen LogP contribution in [0.4, 0.5) is 17.6 Å². The van der Waals surface area contributed by atoms with Crippen LogP contribution >= 0.6 is 0 Å². The van der Waals surface area contributed by atoms with Gasteiger partial charge in [0.25, 0.3) is 5.91 Å². The van der Waals surface area contributed by atoms with Gasteiger partial charge in [-0.25, -0.2) is 4.39 Å². The zero-order valence-corrected chi connectivity index (χ0v) is 18.1. The number of carbonyl (C=O) groups is 1. The van der Waals surface area contributed by atoms with Gasteiger partial charge in [-0.2, -0.15) is 13.2 Å². The summed E-state index contributed by atoms with van der Waals surface area (Å²) in [6, 6.07) is 13.4. The van der Waals surface area contributed by atoms with Gasteiger partial charge in [-0.3, -0.25) is 4.79 Å². The molecule has 0 spiro atoms. The molecule has 2 aliphatic rings. The normalized spacial score (nSPS) is 23.6. The number of nitrogens with zero attached hydrogens (tertiary/aromatic N) is 1. The molecule has 0 aliphatic carbocycles. The highest BCUT2D eigenvalue weighted by Gasteiger charge is 2.36. The molecule has 2 heterocycles. The molecule has 33 heavy (non-hydrogen) atoms. The van der Waals surface area contributed by atoms with E-state index in [-0.39, 0.29) is 37.0 Å². The first-order valence-electron chi connectivity index (χ1n) is 11.1. The van der Waals surface area contributed by atoms with Crippen molar-refractivity contribution in [2.24, 2.45) is 0 Å². The molecule has 3 atom stereocenters. The molecule has 5 nitrogen and oxygen atoms in total. The SMILES string of the molecule is O=C([C@H]1CCN[C@H](CNCC(F)(F)F)CO1)N1CCc2ccccc2[C@@H]1c1ccc(F)cc1. The first-order chi connectivity index (χ1) is 15.8. The van der Waals surface area contributed by atoms with E-state index in [1.165, 1.54) is 12.1 Å². The summed E-state index contributed by atoms with van der Waals surface area (Å²) in [6.45, 7) is 0.116. The molecular weight excluding hydrogens is 438 g/mol.